The highest BCUT2D eigenvalue weighted by Crippen LogP contribution is 2.40. The maximum atomic E-state index is 13.6. The lowest BCUT2D eigenvalue weighted by molar-refractivity contribution is 0.414. The van der Waals surface area contributed by atoms with Crippen LogP contribution in [0.4, 0.5) is 14.5 Å². The van der Waals surface area contributed by atoms with Crippen molar-refractivity contribution >= 4 is 5.69 Å². The van der Waals surface area contributed by atoms with Crippen LogP contribution in [0.3, 0.4) is 0 Å². The third-order valence-corrected chi connectivity index (χ3v) is 3.12. The number of nitrogens with two attached hydrogens (primary N) is 2. The van der Waals surface area contributed by atoms with E-state index < -0.39 is 17.2 Å². The van der Waals surface area contributed by atoms with E-state index in [1.54, 1.807) is 0 Å². The van der Waals surface area contributed by atoms with E-state index in [2.05, 4.69) is 0 Å². The van der Waals surface area contributed by atoms with Crippen LogP contribution >= 0.6 is 0 Å². The summed E-state index contributed by atoms with van der Waals surface area (Å²) >= 11 is 0. The van der Waals surface area contributed by atoms with Crippen molar-refractivity contribution in [2.45, 2.75) is 31.2 Å². The number of hydrogen-bond donors (Lipinski definition) is 2. The number of rotatable bonds is 1. The SMILES string of the molecule is Nc1ccc(F)c(F)c1C1(N)CCCC1. The summed E-state index contributed by atoms with van der Waals surface area (Å²) in [5, 5.41) is 0. The number of anilines is 1. The average molecular weight is 212 g/mol. The summed E-state index contributed by atoms with van der Waals surface area (Å²) in [4.78, 5) is 0. The van der Waals surface area contributed by atoms with Crippen LogP contribution in [0, 0.1) is 11.6 Å². The van der Waals surface area contributed by atoms with Gasteiger partial charge in [0, 0.05) is 16.8 Å². The molecule has 1 aromatic carbocycles. The Labute approximate surface area is 87.3 Å². The standard InChI is InChI=1S/C11H14F2N2/c12-7-3-4-8(14)9(10(7)13)11(15)5-1-2-6-11/h3-4H,1-2,5-6,14-15H2. The lowest BCUT2D eigenvalue weighted by Crippen LogP contribution is -2.35. The Morgan fingerprint density at radius 3 is 2.33 bits per heavy atom. The Kier molecular flexibility index (Phi) is 2.38. The van der Waals surface area contributed by atoms with Gasteiger partial charge in [0.25, 0.3) is 0 Å². The molecule has 1 saturated carbocycles. The van der Waals surface area contributed by atoms with Crippen molar-refractivity contribution in [2.24, 2.45) is 5.73 Å². The maximum absolute atomic E-state index is 13.6. The molecular weight excluding hydrogens is 198 g/mol. The minimum atomic E-state index is -0.889. The Morgan fingerprint density at radius 2 is 1.73 bits per heavy atom. The van der Waals surface area contributed by atoms with Crippen LogP contribution in [0.1, 0.15) is 31.2 Å². The molecule has 0 spiro atoms. The van der Waals surface area contributed by atoms with E-state index in [-0.39, 0.29) is 11.3 Å². The molecule has 0 amide bonds. The van der Waals surface area contributed by atoms with Gasteiger partial charge in [-0.15, -0.1) is 0 Å². The molecule has 2 nitrogen and oxygen atoms in total. The first-order chi connectivity index (χ1) is 7.04. The lowest BCUT2D eigenvalue weighted by atomic mass is 9.87. The van der Waals surface area contributed by atoms with Crippen molar-refractivity contribution in [3.05, 3.63) is 29.3 Å². The van der Waals surface area contributed by atoms with Crippen molar-refractivity contribution in [3.8, 4) is 0 Å². The van der Waals surface area contributed by atoms with Crippen molar-refractivity contribution in [1.82, 2.24) is 0 Å². The van der Waals surface area contributed by atoms with Gasteiger partial charge in [-0.1, -0.05) is 12.8 Å². The first-order valence-electron chi connectivity index (χ1n) is 5.07. The fraction of sp³-hybridized carbons (Fsp3) is 0.455. The molecule has 4 heteroatoms. The summed E-state index contributed by atoms with van der Waals surface area (Å²) in [6, 6.07) is 2.41. The van der Waals surface area contributed by atoms with E-state index in [1.807, 2.05) is 0 Å². The highest BCUT2D eigenvalue weighted by molar-refractivity contribution is 5.51. The molecule has 0 aliphatic heterocycles. The fourth-order valence-electron chi connectivity index (χ4n) is 2.33. The second-order valence-electron chi connectivity index (χ2n) is 4.19. The van der Waals surface area contributed by atoms with Gasteiger partial charge >= 0.3 is 0 Å². The minimum Gasteiger partial charge on any atom is -0.398 e. The molecule has 1 aromatic rings. The van der Waals surface area contributed by atoms with E-state index in [9.17, 15) is 8.78 Å². The zero-order valence-corrected chi connectivity index (χ0v) is 8.39. The van der Waals surface area contributed by atoms with E-state index in [4.69, 9.17) is 11.5 Å². The third-order valence-electron chi connectivity index (χ3n) is 3.12. The van der Waals surface area contributed by atoms with Crippen LogP contribution in [0.2, 0.25) is 0 Å². The Morgan fingerprint density at radius 1 is 1.13 bits per heavy atom. The monoisotopic (exact) mass is 212 g/mol. The maximum Gasteiger partial charge on any atom is 0.165 e. The molecule has 0 radical (unpaired) electrons. The van der Waals surface area contributed by atoms with Gasteiger partial charge in [-0.2, -0.15) is 0 Å². The number of nitrogen functional groups attached to an aromatic ring is 1. The van der Waals surface area contributed by atoms with Crippen molar-refractivity contribution in [3.63, 3.8) is 0 Å². The van der Waals surface area contributed by atoms with Crippen LogP contribution in [0.25, 0.3) is 0 Å². The molecular formula is C11H14F2N2. The number of benzene rings is 1. The number of halogens is 2. The Bertz CT molecular complexity index is 384. The van der Waals surface area contributed by atoms with Gasteiger partial charge in [-0.05, 0) is 25.0 Å². The van der Waals surface area contributed by atoms with Crippen molar-refractivity contribution in [2.75, 3.05) is 5.73 Å². The molecule has 4 N–H and O–H groups in total. The van der Waals surface area contributed by atoms with Crippen LogP contribution in [-0.2, 0) is 5.54 Å². The summed E-state index contributed by atoms with van der Waals surface area (Å²) < 4.78 is 26.7. The van der Waals surface area contributed by atoms with Gasteiger partial charge in [-0.3, -0.25) is 0 Å². The molecule has 0 saturated heterocycles. The highest BCUT2D eigenvalue weighted by atomic mass is 19.2. The molecule has 0 aromatic heterocycles. The fourth-order valence-corrected chi connectivity index (χ4v) is 2.33. The second kappa shape index (κ2) is 3.45. The van der Waals surface area contributed by atoms with Gasteiger partial charge in [0.05, 0.1) is 0 Å². The average Bonchev–Trinajstić information content (AvgIpc) is 2.60. The van der Waals surface area contributed by atoms with Crippen LogP contribution in [-0.4, -0.2) is 0 Å². The minimum absolute atomic E-state index is 0.153. The van der Waals surface area contributed by atoms with Crippen molar-refractivity contribution < 1.29 is 8.78 Å². The summed E-state index contributed by atoms with van der Waals surface area (Å²) in [7, 11) is 0. The van der Waals surface area contributed by atoms with Crippen LogP contribution in [0.5, 0.6) is 0 Å². The Balaban J connectivity index is 2.55. The van der Waals surface area contributed by atoms with E-state index in [1.165, 1.54) is 6.07 Å². The molecule has 0 unspecified atom stereocenters. The number of hydrogen-bond acceptors (Lipinski definition) is 2. The smallest absolute Gasteiger partial charge is 0.165 e. The van der Waals surface area contributed by atoms with Gasteiger partial charge in [-0.25, -0.2) is 8.78 Å². The van der Waals surface area contributed by atoms with Gasteiger partial charge < -0.3 is 11.5 Å². The predicted molar refractivity (Wildman–Crippen MR) is 55.1 cm³/mol. The quantitative estimate of drug-likeness (QED) is 0.701. The molecule has 15 heavy (non-hydrogen) atoms. The first kappa shape index (κ1) is 10.4. The molecule has 0 bridgehead atoms. The summed E-state index contributed by atoms with van der Waals surface area (Å²) in [6.45, 7) is 0. The first-order valence-corrected chi connectivity index (χ1v) is 5.07. The molecule has 1 fully saturated rings. The third kappa shape index (κ3) is 1.59. The van der Waals surface area contributed by atoms with E-state index in [0.29, 0.717) is 12.8 Å². The van der Waals surface area contributed by atoms with Crippen molar-refractivity contribution in [1.29, 1.82) is 0 Å². The summed E-state index contributed by atoms with van der Waals surface area (Å²) in [5.41, 5.74) is 11.4. The van der Waals surface area contributed by atoms with Crippen LogP contribution < -0.4 is 11.5 Å². The lowest BCUT2D eigenvalue weighted by Gasteiger charge is -2.26. The largest absolute Gasteiger partial charge is 0.398 e. The van der Waals surface area contributed by atoms with Crippen LogP contribution in [0.15, 0.2) is 12.1 Å². The zero-order chi connectivity index (χ0) is 11.1. The predicted octanol–water partition coefficient (Wildman–Crippen LogP) is 2.28. The summed E-state index contributed by atoms with van der Waals surface area (Å²) in [6.07, 6.45) is 3.20. The van der Waals surface area contributed by atoms with Gasteiger partial charge in [0.1, 0.15) is 0 Å². The molecule has 0 heterocycles. The second-order valence-corrected chi connectivity index (χ2v) is 4.19. The molecule has 2 rings (SSSR count). The zero-order valence-electron chi connectivity index (χ0n) is 8.39. The topological polar surface area (TPSA) is 52.0 Å². The molecule has 0 atom stereocenters. The normalized spacial score (nSPS) is 19.4. The highest BCUT2D eigenvalue weighted by Gasteiger charge is 2.36. The van der Waals surface area contributed by atoms with Gasteiger partial charge in [0.2, 0.25) is 0 Å². The van der Waals surface area contributed by atoms with Gasteiger partial charge in [0.15, 0.2) is 11.6 Å². The summed E-state index contributed by atoms with van der Waals surface area (Å²) in [5.74, 6) is -1.77. The van der Waals surface area contributed by atoms with E-state index >= 15 is 0 Å². The Hall–Kier alpha value is -1.16. The molecule has 1 aliphatic rings. The molecule has 1 aliphatic carbocycles. The van der Waals surface area contributed by atoms with E-state index in [0.717, 1.165) is 18.9 Å². The molecule has 82 valence electrons.